The highest BCUT2D eigenvalue weighted by Gasteiger charge is 2.28. The van der Waals surface area contributed by atoms with Crippen LogP contribution in [-0.2, 0) is 0 Å². The summed E-state index contributed by atoms with van der Waals surface area (Å²) < 4.78 is 0. The lowest BCUT2D eigenvalue weighted by molar-refractivity contribution is 0.267. The highest BCUT2D eigenvalue weighted by molar-refractivity contribution is 5.52. The molecule has 22 heavy (non-hydrogen) atoms. The molecule has 6 nitrogen and oxygen atoms in total. The lowest BCUT2D eigenvalue weighted by Gasteiger charge is -2.23. The molecule has 1 fully saturated rings. The van der Waals surface area contributed by atoms with Gasteiger partial charge in [0.25, 0.3) is 0 Å². The minimum Gasteiger partial charge on any atom is -0.307 e. The maximum atomic E-state index is 4.58. The summed E-state index contributed by atoms with van der Waals surface area (Å²) in [6.45, 7) is 8.27. The fourth-order valence-corrected chi connectivity index (χ4v) is 3.09. The molecule has 1 atom stereocenters. The Balaban J connectivity index is 1.91. The van der Waals surface area contributed by atoms with E-state index in [-0.39, 0.29) is 0 Å². The molecule has 0 aromatic carbocycles. The Bertz CT molecular complexity index is 637. The van der Waals surface area contributed by atoms with Crippen molar-refractivity contribution in [1.82, 2.24) is 24.8 Å². The summed E-state index contributed by atoms with van der Waals surface area (Å²) in [5, 5.41) is 3.25. The molecule has 0 spiro atoms. The molecule has 2 aromatic heterocycles. The summed E-state index contributed by atoms with van der Waals surface area (Å²) in [6.07, 6.45) is 5.79. The van der Waals surface area contributed by atoms with Crippen molar-refractivity contribution >= 4 is 11.8 Å². The van der Waals surface area contributed by atoms with Gasteiger partial charge in [0.2, 0.25) is 5.95 Å². The van der Waals surface area contributed by atoms with Crippen LogP contribution in [0.5, 0.6) is 0 Å². The summed E-state index contributed by atoms with van der Waals surface area (Å²) in [5.74, 6) is 1.35. The number of aromatic nitrogens is 4. The fourth-order valence-electron chi connectivity index (χ4n) is 3.09. The smallest absolute Gasteiger partial charge is 0.228 e. The zero-order chi connectivity index (χ0) is 15.5. The zero-order valence-electron chi connectivity index (χ0n) is 13.4. The highest BCUT2D eigenvalue weighted by Crippen LogP contribution is 2.33. The molecule has 1 aliphatic rings. The molecule has 0 amide bonds. The van der Waals surface area contributed by atoms with E-state index in [1.165, 1.54) is 6.42 Å². The third-order valence-corrected chi connectivity index (χ3v) is 4.02. The van der Waals surface area contributed by atoms with Gasteiger partial charge < -0.3 is 5.32 Å². The molecule has 2 aromatic rings. The van der Waals surface area contributed by atoms with Crippen molar-refractivity contribution in [3.63, 3.8) is 0 Å². The van der Waals surface area contributed by atoms with Gasteiger partial charge in [-0.25, -0.2) is 15.0 Å². The van der Waals surface area contributed by atoms with Gasteiger partial charge in [-0.3, -0.25) is 9.88 Å². The molecule has 116 valence electrons. The third-order valence-electron chi connectivity index (χ3n) is 4.02. The van der Waals surface area contributed by atoms with Crippen molar-refractivity contribution < 1.29 is 0 Å². The Hall–Kier alpha value is -2.08. The fraction of sp³-hybridized carbons (Fsp3) is 0.500. The molecule has 6 heteroatoms. The Labute approximate surface area is 131 Å². The van der Waals surface area contributed by atoms with Crippen LogP contribution in [-0.4, -0.2) is 37.9 Å². The van der Waals surface area contributed by atoms with Crippen molar-refractivity contribution in [2.24, 2.45) is 0 Å². The van der Waals surface area contributed by atoms with Gasteiger partial charge in [0, 0.05) is 23.8 Å². The first kappa shape index (κ1) is 14.8. The number of likely N-dealkylation sites (tertiary alicyclic amines) is 1. The lowest BCUT2D eigenvalue weighted by atomic mass is 10.1. The minimum atomic E-state index is 0.326. The van der Waals surface area contributed by atoms with Crippen LogP contribution >= 0.6 is 0 Å². The molecule has 1 N–H and O–H groups in total. The van der Waals surface area contributed by atoms with Crippen LogP contribution in [0.3, 0.4) is 0 Å². The number of nitrogens with zero attached hydrogens (tertiary/aromatic N) is 5. The lowest BCUT2D eigenvalue weighted by Crippen LogP contribution is -2.24. The van der Waals surface area contributed by atoms with Crippen LogP contribution in [0, 0.1) is 13.8 Å². The normalized spacial score (nSPS) is 18.6. The average Bonchev–Trinajstić information content (AvgIpc) is 2.95. The van der Waals surface area contributed by atoms with E-state index < -0.39 is 0 Å². The summed E-state index contributed by atoms with van der Waals surface area (Å²) in [7, 11) is 0. The van der Waals surface area contributed by atoms with Gasteiger partial charge in [0.1, 0.15) is 5.69 Å². The third kappa shape index (κ3) is 3.06. The predicted molar refractivity (Wildman–Crippen MR) is 86.0 cm³/mol. The first-order valence-electron chi connectivity index (χ1n) is 7.81. The van der Waals surface area contributed by atoms with Crippen LogP contribution in [0.1, 0.15) is 42.9 Å². The SMILES string of the molecule is CCN1CCC[C@H]1c1nccnc1Nc1nc(C)cc(C)n1. The van der Waals surface area contributed by atoms with Crippen molar-refractivity contribution in [3.05, 3.63) is 35.5 Å². The van der Waals surface area contributed by atoms with Gasteiger partial charge in [-0.2, -0.15) is 0 Å². The number of nitrogens with one attached hydrogen (secondary N) is 1. The molecule has 0 bridgehead atoms. The molecular formula is C16H22N6. The van der Waals surface area contributed by atoms with Gasteiger partial charge >= 0.3 is 0 Å². The monoisotopic (exact) mass is 298 g/mol. The van der Waals surface area contributed by atoms with Crippen molar-refractivity contribution in [2.45, 2.75) is 39.7 Å². The van der Waals surface area contributed by atoms with Crippen LogP contribution < -0.4 is 5.32 Å². The molecule has 3 heterocycles. The van der Waals surface area contributed by atoms with Gasteiger partial charge in [-0.15, -0.1) is 0 Å². The van der Waals surface area contributed by atoms with Crippen molar-refractivity contribution in [3.8, 4) is 0 Å². The Morgan fingerprint density at radius 1 is 1.18 bits per heavy atom. The Morgan fingerprint density at radius 2 is 1.91 bits per heavy atom. The molecular weight excluding hydrogens is 276 g/mol. The Kier molecular flexibility index (Phi) is 4.29. The summed E-state index contributed by atoms with van der Waals surface area (Å²) in [6, 6.07) is 2.28. The van der Waals surface area contributed by atoms with E-state index in [1.54, 1.807) is 12.4 Å². The van der Waals surface area contributed by atoms with Gasteiger partial charge in [-0.05, 0) is 45.8 Å². The number of hydrogen-bond donors (Lipinski definition) is 1. The number of aryl methyl sites for hydroxylation is 2. The maximum Gasteiger partial charge on any atom is 0.228 e. The van der Waals surface area contributed by atoms with E-state index in [2.05, 4.69) is 37.1 Å². The molecule has 1 saturated heterocycles. The summed E-state index contributed by atoms with van der Waals surface area (Å²) in [4.78, 5) is 20.4. The van der Waals surface area contributed by atoms with E-state index in [4.69, 9.17) is 0 Å². The van der Waals surface area contributed by atoms with E-state index in [1.807, 2.05) is 19.9 Å². The van der Waals surface area contributed by atoms with Crippen molar-refractivity contribution in [1.29, 1.82) is 0 Å². The molecule has 3 rings (SSSR count). The molecule has 0 unspecified atom stereocenters. The average molecular weight is 298 g/mol. The topological polar surface area (TPSA) is 66.8 Å². The maximum absolute atomic E-state index is 4.58. The van der Waals surface area contributed by atoms with E-state index >= 15 is 0 Å². The predicted octanol–water partition coefficient (Wildman–Crippen LogP) is 2.78. The molecule has 1 aliphatic heterocycles. The number of hydrogen-bond acceptors (Lipinski definition) is 6. The van der Waals surface area contributed by atoms with Crippen LogP contribution in [0.25, 0.3) is 0 Å². The van der Waals surface area contributed by atoms with E-state index in [0.29, 0.717) is 12.0 Å². The number of rotatable bonds is 4. The van der Waals surface area contributed by atoms with Crippen LogP contribution in [0.2, 0.25) is 0 Å². The van der Waals surface area contributed by atoms with E-state index in [9.17, 15) is 0 Å². The highest BCUT2D eigenvalue weighted by atomic mass is 15.2. The summed E-state index contributed by atoms with van der Waals surface area (Å²) >= 11 is 0. The number of anilines is 2. The van der Waals surface area contributed by atoms with Crippen molar-refractivity contribution in [2.75, 3.05) is 18.4 Å². The second-order valence-corrected chi connectivity index (χ2v) is 5.68. The first-order valence-corrected chi connectivity index (χ1v) is 7.81. The second-order valence-electron chi connectivity index (χ2n) is 5.68. The molecule has 0 saturated carbocycles. The van der Waals surface area contributed by atoms with Gasteiger partial charge in [0.15, 0.2) is 5.82 Å². The minimum absolute atomic E-state index is 0.326. The first-order chi connectivity index (χ1) is 10.7. The quantitative estimate of drug-likeness (QED) is 0.936. The molecule has 0 aliphatic carbocycles. The standard InChI is InChI=1S/C16H22N6/c1-4-22-9-5-6-13(22)14-15(18-8-7-17-14)21-16-19-11(2)10-12(3)20-16/h7-8,10,13H,4-6,9H2,1-3H3,(H,18,19,20,21)/t13-/m0/s1. The van der Waals surface area contributed by atoms with E-state index in [0.717, 1.165) is 42.4 Å². The Morgan fingerprint density at radius 3 is 2.64 bits per heavy atom. The zero-order valence-corrected chi connectivity index (χ0v) is 13.4. The summed E-state index contributed by atoms with van der Waals surface area (Å²) in [5.41, 5.74) is 2.87. The van der Waals surface area contributed by atoms with Gasteiger partial charge in [0.05, 0.1) is 6.04 Å². The van der Waals surface area contributed by atoms with Crippen LogP contribution in [0.15, 0.2) is 18.5 Å². The second kappa shape index (κ2) is 6.36. The largest absolute Gasteiger partial charge is 0.307 e. The molecule has 0 radical (unpaired) electrons. The van der Waals surface area contributed by atoms with Gasteiger partial charge in [-0.1, -0.05) is 6.92 Å². The van der Waals surface area contributed by atoms with Crippen LogP contribution in [0.4, 0.5) is 11.8 Å².